The minimum atomic E-state index is -0.225. The van der Waals surface area contributed by atoms with Gasteiger partial charge in [-0.05, 0) is 43.3 Å². The summed E-state index contributed by atoms with van der Waals surface area (Å²) in [6, 6.07) is 13.6. The Bertz CT molecular complexity index is 855. The molecular weight excluding hydrogens is 322 g/mol. The number of benzene rings is 1. The highest BCUT2D eigenvalue weighted by Gasteiger charge is 2.18. The lowest BCUT2D eigenvalue weighted by Gasteiger charge is -2.11. The number of methoxy groups -OCH3 is 1. The number of hydrogen-bond donors (Lipinski definition) is 0. The summed E-state index contributed by atoms with van der Waals surface area (Å²) >= 11 is 1.37. The number of pyridine rings is 1. The number of thioether (sulfide) groups is 1. The molecular formula is C17H15N5OS. The Morgan fingerprint density at radius 2 is 1.83 bits per heavy atom. The van der Waals surface area contributed by atoms with E-state index in [1.807, 2.05) is 47.9 Å². The lowest BCUT2D eigenvalue weighted by atomic mass is 10.2. The molecule has 0 aliphatic carbocycles. The van der Waals surface area contributed by atoms with E-state index >= 15 is 0 Å². The standard InChI is InChI=1S/C17H15N5OS/c1-12(11-18)24-17-21-20-16(13-7-9-19-10-8-13)22(17)14-3-5-15(23-2)6-4-14/h3-10,12H,1-2H3/t12-/m1/s1. The van der Waals surface area contributed by atoms with Gasteiger partial charge in [0.1, 0.15) is 5.75 Å². The molecule has 0 amide bonds. The molecule has 1 atom stereocenters. The Morgan fingerprint density at radius 1 is 1.12 bits per heavy atom. The van der Waals surface area contributed by atoms with Crippen LogP contribution in [0.15, 0.2) is 53.9 Å². The van der Waals surface area contributed by atoms with Gasteiger partial charge in [0.05, 0.1) is 18.4 Å². The van der Waals surface area contributed by atoms with Gasteiger partial charge in [0.15, 0.2) is 11.0 Å². The quantitative estimate of drug-likeness (QED) is 0.665. The van der Waals surface area contributed by atoms with Crippen LogP contribution in [0, 0.1) is 11.3 Å². The highest BCUT2D eigenvalue weighted by molar-refractivity contribution is 8.00. The van der Waals surface area contributed by atoms with E-state index in [-0.39, 0.29) is 5.25 Å². The van der Waals surface area contributed by atoms with Crippen LogP contribution in [0.1, 0.15) is 6.92 Å². The average molecular weight is 337 g/mol. The fourth-order valence-corrected chi connectivity index (χ4v) is 2.94. The van der Waals surface area contributed by atoms with E-state index in [2.05, 4.69) is 21.3 Å². The van der Waals surface area contributed by atoms with Gasteiger partial charge in [-0.15, -0.1) is 10.2 Å². The van der Waals surface area contributed by atoms with Crippen molar-refractivity contribution in [2.75, 3.05) is 7.11 Å². The summed E-state index contributed by atoms with van der Waals surface area (Å²) in [5.41, 5.74) is 1.81. The number of hydrogen-bond acceptors (Lipinski definition) is 6. The van der Waals surface area contributed by atoms with Crippen molar-refractivity contribution in [1.82, 2.24) is 19.7 Å². The summed E-state index contributed by atoms with van der Waals surface area (Å²) in [5.74, 6) is 1.48. The van der Waals surface area contributed by atoms with E-state index in [9.17, 15) is 0 Å². The van der Waals surface area contributed by atoms with Gasteiger partial charge in [-0.3, -0.25) is 9.55 Å². The van der Waals surface area contributed by atoms with Crippen molar-refractivity contribution in [1.29, 1.82) is 5.26 Å². The van der Waals surface area contributed by atoms with Crippen molar-refractivity contribution >= 4 is 11.8 Å². The highest BCUT2D eigenvalue weighted by atomic mass is 32.2. The van der Waals surface area contributed by atoms with Crippen LogP contribution in [0.25, 0.3) is 17.1 Å². The molecule has 7 heteroatoms. The lowest BCUT2D eigenvalue weighted by Crippen LogP contribution is -2.02. The summed E-state index contributed by atoms with van der Waals surface area (Å²) < 4.78 is 7.15. The molecule has 6 nitrogen and oxygen atoms in total. The molecule has 0 saturated heterocycles. The maximum Gasteiger partial charge on any atom is 0.197 e. The molecule has 0 radical (unpaired) electrons. The average Bonchev–Trinajstić information content (AvgIpc) is 3.05. The van der Waals surface area contributed by atoms with Gasteiger partial charge in [0.2, 0.25) is 0 Å². The zero-order valence-electron chi connectivity index (χ0n) is 13.2. The number of nitriles is 1. The summed E-state index contributed by atoms with van der Waals surface area (Å²) in [6.07, 6.45) is 3.43. The van der Waals surface area contributed by atoms with E-state index < -0.39 is 0 Å². The van der Waals surface area contributed by atoms with Crippen molar-refractivity contribution < 1.29 is 4.74 Å². The third kappa shape index (κ3) is 3.24. The van der Waals surface area contributed by atoms with E-state index in [4.69, 9.17) is 10.00 Å². The maximum atomic E-state index is 9.10. The van der Waals surface area contributed by atoms with Crippen LogP contribution in [0.5, 0.6) is 5.75 Å². The zero-order valence-corrected chi connectivity index (χ0v) is 14.1. The van der Waals surface area contributed by atoms with Crippen molar-refractivity contribution in [3.63, 3.8) is 0 Å². The molecule has 3 rings (SSSR count). The van der Waals surface area contributed by atoms with Crippen LogP contribution in [-0.4, -0.2) is 32.1 Å². The molecule has 24 heavy (non-hydrogen) atoms. The molecule has 0 saturated carbocycles. The first-order valence-corrected chi connectivity index (χ1v) is 8.17. The van der Waals surface area contributed by atoms with Gasteiger partial charge in [0, 0.05) is 23.6 Å². The predicted molar refractivity (Wildman–Crippen MR) is 92.1 cm³/mol. The van der Waals surface area contributed by atoms with Gasteiger partial charge in [-0.1, -0.05) is 11.8 Å². The molecule has 0 spiro atoms. The largest absolute Gasteiger partial charge is 0.497 e. The Labute approximate surface area is 144 Å². The maximum absolute atomic E-state index is 9.10. The molecule has 3 aromatic rings. The normalized spacial score (nSPS) is 11.7. The Hall–Kier alpha value is -2.85. The van der Waals surface area contributed by atoms with Crippen LogP contribution >= 0.6 is 11.8 Å². The molecule has 2 aromatic heterocycles. The molecule has 120 valence electrons. The molecule has 0 aliphatic heterocycles. The summed E-state index contributed by atoms with van der Waals surface area (Å²) in [5, 5.41) is 18.1. The Kier molecular flexibility index (Phi) is 4.77. The van der Waals surface area contributed by atoms with Crippen LogP contribution in [0.2, 0.25) is 0 Å². The topological polar surface area (TPSA) is 76.6 Å². The number of ether oxygens (including phenoxy) is 1. The Morgan fingerprint density at radius 3 is 2.46 bits per heavy atom. The molecule has 0 bridgehead atoms. The first-order chi connectivity index (χ1) is 11.7. The number of rotatable bonds is 5. The number of aromatic nitrogens is 4. The first-order valence-electron chi connectivity index (χ1n) is 7.29. The van der Waals surface area contributed by atoms with Gasteiger partial charge in [0.25, 0.3) is 0 Å². The second-order valence-electron chi connectivity index (χ2n) is 4.96. The zero-order chi connectivity index (χ0) is 16.9. The summed E-state index contributed by atoms with van der Waals surface area (Å²) in [6.45, 7) is 1.84. The van der Waals surface area contributed by atoms with E-state index in [0.717, 1.165) is 17.0 Å². The van der Waals surface area contributed by atoms with Crippen LogP contribution < -0.4 is 4.74 Å². The fourth-order valence-electron chi connectivity index (χ4n) is 2.18. The van der Waals surface area contributed by atoms with Crippen LogP contribution in [0.3, 0.4) is 0 Å². The number of nitrogens with zero attached hydrogens (tertiary/aromatic N) is 5. The van der Waals surface area contributed by atoms with Crippen molar-refractivity contribution in [3.05, 3.63) is 48.8 Å². The van der Waals surface area contributed by atoms with Crippen molar-refractivity contribution in [2.45, 2.75) is 17.3 Å². The van der Waals surface area contributed by atoms with E-state index in [1.165, 1.54) is 11.8 Å². The SMILES string of the molecule is COc1ccc(-n2c(S[C@H](C)C#N)nnc2-c2ccncc2)cc1. The fraction of sp³-hybridized carbons (Fsp3) is 0.176. The lowest BCUT2D eigenvalue weighted by molar-refractivity contribution is 0.414. The minimum absolute atomic E-state index is 0.225. The second kappa shape index (κ2) is 7.15. The van der Waals surface area contributed by atoms with Gasteiger partial charge in [-0.2, -0.15) is 5.26 Å². The molecule has 0 N–H and O–H groups in total. The summed E-state index contributed by atoms with van der Waals surface area (Å²) in [4.78, 5) is 4.04. The Balaban J connectivity index is 2.12. The highest BCUT2D eigenvalue weighted by Crippen LogP contribution is 2.30. The molecule has 1 aromatic carbocycles. The smallest absolute Gasteiger partial charge is 0.197 e. The predicted octanol–water partition coefficient (Wildman–Crippen LogP) is 3.34. The third-order valence-electron chi connectivity index (χ3n) is 3.37. The van der Waals surface area contributed by atoms with Gasteiger partial charge < -0.3 is 4.74 Å². The first kappa shape index (κ1) is 16.0. The van der Waals surface area contributed by atoms with Crippen LogP contribution in [0.4, 0.5) is 0 Å². The van der Waals surface area contributed by atoms with Gasteiger partial charge >= 0.3 is 0 Å². The third-order valence-corrected chi connectivity index (χ3v) is 4.30. The van der Waals surface area contributed by atoms with Crippen molar-refractivity contribution in [2.24, 2.45) is 0 Å². The second-order valence-corrected chi connectivity index (χ2v) is 6.27. The minimum Gasteiger partial charge on any atom is -0.497 e. The molecule has 2 heterocycles. The monoisotopic (exact) mass is 337 g/mol. The molecule has 0 aliphatic rings. The van der Waals surface area contributed by atoms with E-state index in [0.29, 0.717) is 11.0 Å². The van der Waals surface area contributed by atoms with Gasteiger partial charge in [-0.25, -0.2) is 0 Å². The summed E-state index contributed by atoms with van der Waals surface area (Å²) in [7, 11) is 1.63. The van der Waals surface area contributed by atoms with Crippen LogP contribution in [-0.2, 0) is 0 Å². The molecule has 0 fully saturated rings. The molecule has 0 unspecified atom stereocenters. The van der Waals surface area contributed by atoms with Crippen molar-refractivity contribution in [3.8, 4) is 28.9 Å². The van der Waals surface area contributed by atoms with E-state index in [1.54, 1.807) is 19.5 Å².